The minimum Gasteiger partial charge on any atom is -0.350 e. The number of anilines is 1. The van der Waals surface area contributed by atoms with Crippen LogP contribution in [0.2, 0.25) is 10.0 Å². The van der Waals surface area contributed by atoms with Gasteiger partial charge in [-0.2, -0.15) is 0 Å². The average molecular weight is 667 g/mol. The average Bonchev–Trinajstić information content (AvgIpc) is 2.99. The predicted molar refractivity (Wildman–Crippen MR) is 181 cm³/mol. The van der Waals surface area contributed by atoms with E-state index in [0.29, 0.717) is 5.02 Å². The van der Waals surface area contributed by atoms with Crippen LogP contribution in [0, 0.1) is 6.92 Å². The number of rotatable bonds is 11. The number of aryl methyl sites for hydroxylation is 1. The Balaban J connectivity index is 1.82. The van der Waals surface area contributed by atoms with Gasteiger partial charge >= 0.3 is 0 Å². The number of sulfonamides is 1. The summed E-state index contributed by atoms with van der Waals surface area (Å²) in [6.07, 6.45) is 0.207. The Labute approximate surface area is 275 Å². The van der Waals surface area contributed by atoms with Crippen LogP contribution in [0.3, 0.4) is 0 Å². The molecule has 4 rings (SSSR count). The fourth-order valence-electron chi connectivity index (χ4n) is 4.80. The zero-order valence-corrected chi connectivity index (χ0v) is 28.0. The molecule has 10 heteroatoms. The number of halogens is 2. The van der Waals surface area contributed by atoms with Gasteiger partial charge in [0.05, 0.1) is 15.6 Å². The van der Waals surface area contributed by atoms with Gasteiger partial charge in [-0.15, -0.1) is 0 Å². The highest BCUT2D eigenvalue weighted by atomic mass is 35.5. The number of hydrogen-bond donors (Lipinski definition) is 1. The maximum atomic E-state index is 14.5. The van der Waals surface area contributed by atoms with Crippen molar-refractivity contribution in [1.29, 1.82) is 0 Å². The fourth-order valence-corrected chi connectivity index (χ4v) is 6.65. The van der Waals surface area contributed by atoms with E-state index >= 15 is 0 Å². The quantitative estimate of drug-likeness (QED) is 0.186. The highest BCUT2D eigenvalue weighted by molar-refractivity contribution is 7.92. The van der Waals surface area contributed by atoms with E-state index in [1.54, 1.807) is 60.7 Å². The molecule has 45 heavy (non-hydrogen) atoms. The molecule has 1 N–H and O–H groups in total. The van der Waals surface area contributed by atoms with Crippen molar-refractivity contribution in [3.8, 4) is 0 Å². The standard InChI is InChI=1S/C35H37Cl2N3O4S/c1-25-14-20-29(21-15-25)45(43,44)40(31-13-9-8-12-30(31)37)24-33(41)39(23-27-16-18-28(36)19-17-27)32(34(42)38-35(2,3)4)22-26-10-6-5-7-11-26/h5-21,32H,22-24H2,1-4H3,(H,38,42)/t32-/m1/s1. The number of carbonyl (C=O) groups excluding carboxylic acids is 2. The minimum absolute atomic E-state index is 0.0105. The molecule has 2 amide bonds. The second kappa shape index (κ2) is 14.5. The highest BCUT2D eigenvalue weighted by Crippen LogP contribution is 2.31. The SMILES string of the molecule is Cc1ccc(S(=O)(=O)N(CC(=O)N(Cc2ccc(Cl)cc2)[C@H](Cc2ccccc2)C(=O)NC(C)(C)C)c2ccccc2Cl)cc1. The summed E-state index contributed by atoms with van der Waals surface area (Å²) in [6, 6.07) is 28.2. The molecule has 0 radical (unpaired) electrons. The summed E-state index contributed by atoms with van der Waals surface area (Å²) in [5.41, 5.74) is 2.02. The molecule has 0 bridgehead atoms. The second-order valence-electron chi connectivity index (χ2n) is 11.9. The fraction of sp³-hybridized carbons (Fsp3) is 0.257. The number of amides is 2. The van der Waals surface area contributed by atoms with Gasteiger partial charge in [-0.25, -0.2) is 8.42 Å². The first kappa shape index (κ1) is 34.0. The largest absolute Gasteiger partial charge is 0.350 e. The Morgan fingerprint density at radius 2 is 1.40 bits per heavy atom. The van der Waals surface area contributed by atoms with Crippen LogP contribution in [-0.2, 0) is 32.6 Å². The molecule has 0 unspecified atom stereocenters. The molecule has 0 aliphatic carbocycles. The van der Waals surface area contributed by atoms with Gasteiger partial charge in [0.2, 0.25) is 11.8 Å². The molecule has 0 aliphatic rings. The van der Waals surface area contributed by atoms with Crippen molar-refractivity contribution in [3.05, 3.63) is 130 Å². The monoisotopic (exact) mass is 665 g/mol. The second-order valence-corrected chi connectivity index (χ2v) is 14.6. The van der Waals surface area contributed by atoms with Gasteiger partial charge in [0, 0.05) is 23.5 Å². The van der Waals surface area contributed by atoms with Crippen LogP contribution >= 0.6 is 23.2 Å². The third kappa shape index (κ3) is 9.10. The lowest BCUT2D eigenvalue weighted by molar-refractivity contribution is -0.140. The van der Waals surface area contributed by atoms with Crippen LogP contribution < -0.4 is 9.62 Å². The van der Waals surface area contributed by atoms with E-state index in [-0.39, 0.29) is 34.5 Å². The van der Waals surface area contributed by atoms with Gasteiger partial charge < -0.3 is 10.2 Å². The van der Waals surface area contributed by atoms with Crippen molar-refractivity contribution in [2.75, 3.05) is 10.8 Å². The van der Waals surface area contributed by atoms with Gasteiger partial charge in [-0.05, 0) is 75.2 Å². The van der Waals surface area contributed by atoms with Crippen LogP contribution in [0.25, 0.3) is 0 Å². The van der Waals surface area contributed by atoms with Crippen LogP contribution in [0.4, 0.5) is 5.69 Å². The van der Waals surface area contributed by atoms with Crippen molar-refractivity contribution in [3.63, 3.8) is 0 Å². The molecule has 1 atom stereocenters. The van der Waals surface area contributed by atoms with Crippen LogP contribution in [0.5, 0.6) is 0 Å². The van der Waals surface area contributed by atoms with Crippen molar-refractivity contribution in [2.24, 2.45) is 0 Å². The third-order valence-corrected chi connectivity index (χ3v) is 9.39. The molecule has 7 nitrogen and oxygen atoms in total. The maximum Gasteiger partial charge on any atom is 0.264 e. The summed E-state index contributed by atoms with van der Waals surface area (Å²) in [4.78, 5) is 29.9. The number of benzene rings is 4. The first-order chi connectivity index (χ1) is 21.2. The predicted octanol–water partition coefficient (Wildman–Crippen LogP) is 7.05. The normalized spacial score (nSPS) is 12.3. The summed E-state index contributed by atoms with van der Waals surface area (Å²) in [6.45, 7) is 6.89. The van der Waals surface area contributed by atoms with Crippen molar-refractivity contribution in [1.82, 2.24) is 10.2 Å². The van der Waals surface area contributed by atoms with Gasteiger partial charge in [0.15, 0.2) is 0 Å². The van der Waals surface area contributed by atoms with Gasteiger partial charge in [0.1, 0.15) is 12.6 Å². The molecule has 0 aromatic heterocycles. The van der Waals surface area contributed by atoms with Crippen LogP contribution in [0.15, 0.2) is 108 Å². The number of hydrogen-bond acceptors (Lipinski definition) is 4. The van der Waals surface area contributed by atoms with E-state index in [1.165, 1.54) is 17.0 Å². The van der Waals surface area contributed by atoms with Crippen LogP contribution in [-0.4, -0.2) is 43.3 Å². The van der Waals surface area contributed by atoms with E-state index in [0.717, 1.165) is 21.0 Å². The molecular weight excluding hydrogens is 629 g/mol. The first-order valence-corrected chi connectivity index (χ1v) is 16.7. The topological polar surface area (TPSA) is 86.8 Å². The van der Waals surface area contributed by atoms with Gasteiger partial charge in [0.25, 0.3) is 10.0 Å². The molecule has 4 aromatic carbocycles. The molecule has 0 fully saturated rings. The Kier molecular flexibility index (Phi) is 11.0. The van der Waals surface area contributed by atoms with Crippen molar-refractivity contribution < 1.29 is 18.0 Å². The Bertz CT molecular complexity index is 1720. The molecule has 236 valence electrons. The van der Waals surface area contributed by atoms with Crippen LogP contribution in [0.1, 0.15) is 37.5 Å². The number of para-hydroxylation sites is 1. The number of carbonyl (C=O) groups is 2. The molecule has 0 spiro atoms. The van der Waals surface area contributed by atoms with E-state index in [1.807, 2.05) is 58.0 Å². The summed E-state index contributed by atoms with van der Waals surface area (Å²) in [7, 11) is -4.25. The van der Waals surface area contributed by atoms with E-state index in [2.05, 4.69) is 5.32 Å². The van der Waals surface area contributed by atoms with Crippen molar-refractivity contribution in [2.45, 2.75) is 57.1 Å². The molecule has 0 aliphatic heterocycles. The summed E-state index contributed by atoms with van der Waals surface area (Å²) >= 11 is 12.7. The van der Waals surface area contributed by atoms with E-state index in [9.17, 15) is 18.0 Å². The van der Waals surface area contributed by atoms with Crippen molar-refractivity contribution >= 4 is 50.7 Å². The molecular formula is C35H37Cl2N3O4S. The van der Waals surface area contributed by atoms with E-state index < -0.39 is 34.1 Å². The lowest BCUT2D eigenvalue weighted by Gasteiger charge is -2.35. The number of nitrogens with zero attached hydrogens (tertiary/aromatic N) is 2. The number of nitrogens with one attached hydrogen (secondary N) is 1. The Hall–Kier alpha value is -3.85. The van der Waals surface area contributed by atoms with Gasteiger partial charge in [-0.3, -0.25) is 13.9 Å². The molecule has 0 saturated carbocycles. The zero-order chi connectivity index (χ0) is 32.8. The van der Waals surface area contributed by atoms with E-state index in [4.69, 9.17) is 23.2 Å². The summed E-state index contributed by atoms with van der Waals surface area (Å²) in [5.74, 6) is -0.940. The Morgan fingerprint density at radius 1 is 0.800 bits per heavy atom. The molecule has 0 saturated heterocycles. The Morgan fingerprint density at radius 3 is 2.00 bits per heavy atom. The summed E-state index contributed by atoms with van der Waals surface area (Å²) in [5, 5.41) is 3.71. The first-order valence-electron chi connectivity index (χ1n) is 14.5. The zero-order valence-electron chi connectivity index (χ0n) is 25.7. The molecule has 0 heterocycles. The smallest absolute Gasteiger partial charge is 0.264 e. The highest BCUT2D eigenvalue weighted by Gasteiger charge is 2.36. The third-order valence-electron chi connectivity index (χ3n) is 7.04. The minimum atomic E-state index is -4.25. The maximum absolute atomic E-state index is 14.5. The summed E-state index contributed by atoms with van der Waals surface area (Å²) < 4.78 is 29.3. The lowest BCUT2D eigenvalue weighted by atomic mass is 10.0. The lowest BCUT2D eigenvalue weighted by Crippen LogP contribution is -2.56. The molecule has 4 aromatic rings. The van der Waals surface area contributed by atoms with Gasteiger partial charge in [-0.1, -0.05) is 95.5 Å².